The summed E-state index contributed by atoms with van der Waals surface area (Å²) in [5, 5.41) is 6.58. The van der Waals surface area contributed by atoms with Crippen LogP contribution in [-0.4, -0.2) is 22.7 Å². The van der Waals surface area contributed by atoms with Crippen LogP contribution in [0.4, 0.5) is 8.78 Å². The monoisotopic (exact) mass is 345 g/mol. The van der Waals surface area contributed by atoms with E-state index in [4.69, 9.17) is 16.1 Å². The summed E-state index contributed by atoms with van der Waals surface area (Å²) >= 11 is 5.83. The van der Waals surface area contributed by atoms with Crippen LogP contribution >= 0.6 is 11.6 Å². The Kier molecular flexibility index (Phi) is 5.86. The maximum absolute atomic E-state index is 12.3. The van der Waals surface area contributed by atoms with Crippen molar-refractivity contribution in [2.45, 2.75) is 32.9 Å². The van der Waals surface area contributed by atoms with Crippen LogP contribution in [-0.2, 0) is 17.8 Å². The molecule has 0 bridgehead atoms. The number of rotatable bonds is 7. The van der Waals surface area contributed by atoms with Crippen LogP contribution in [0, 0.1) is 6.92 Å². The average molecular weight is 346 g/mol. The van der Waals surface area contributed by atoms with Crippen molar-refractivity contribution in [3.05, 3.63) is 40.5 Å². The Morgan fingerprint density at radius 1 is 1.48 bits per heavy atom. The van der Waals surface area contributed by atoms with Gasteiger partial charge in [-0.1, -0.05) is 16.8 Å². The molecule has 0 fully saturated rings. The first kappa shape index (κ1) is 17.1. The highest BCUT2D eigenvalue weighted by Crippen LogP contribution is 2.24. The predicted molar refractivity (Wildman–Crippen MR) is 77.3 cm³/mol. The van der Waals surface area contributed by atoms with Gasteiger partial charge in [0.2, 0.25) is 11.8 Å². The number of hydrogen-bond donors (Lipinski definition) is 1. The summed E-state index contributed by atoms with van der Waals surface area (Å²) in [6.07, 6.45) is 0.426. The molecule has 0 spiro atoms. The Balaban J connectivity index is 1.89. The lowest BCUT2D eigenvalue weighted by Gasteiger charge is -2.12. The van der Waals surface area contributed by atoms with Crippen LogP contribution in [0.25, 0.3) is 0 Å². The highest BCUT2D eigenvalue weighted by atomic mass is 35.5. The average Bonchev–Trinajstić information content (AvgIpc) is 2.90. The molecule has 2 aromatic rings. The number of halogens is 3. The molecule has 0 aliphatic carbocycles. The number of nitrogens with one attached hydrogen (secondary N) is 1. The molecular weight excluding hydrogens is 332 g/mol. The van der Waals surface area contributed by atoms with Crippen LogP contribution in [0.15, 0.2) is 22.7 Å². The van der Waals surface area contributed by atoms with Crippen LogP contribution < -0.4 is 10.1 Å². The molecule has 1 heterocycles. The minimum absolute atomic E-state index is 0.0182. The van der Waals surface area contributed by atoms with E-state index in [-0.39, 0.29) is 24.6 Å². The van der Waals surface area contributed by atoms with Crippen molar-refractivity contribution in [2.24, 2.45) is 0 Å². The molecule has 0 aliphatic heterocycles. The Morgan fingerprint density at radius 3 is 2.91 bits per heavy atom. The zero-order valence-electron chi connectivity index (χ0n) is 12.2. The number of carbonyl (C=O) groups is 1. The fourth-order valence-electron chi connectivity index (χ4n) is 1.84. The lowest BCUT2D eigenvalue weighted by Crippen LogP contribution is -2.23. The second-order valence-electron chi connectivity index (χ2n) is 4.64. The number of carbonyl (C=O) groups excluding carboxylic acids is 1. The molecule has 6 nitrogen and oxygen atoms in total. The van der Waals surface area contributed by atoms with Gasteiger partial charge in [-0.3, -0.25) is 4.79 Å². The number of hydrogen-bond acceptors (Lipinski definition) is 5. The molecule has 0 radical (unpaired) electrons. The number of alkyl halides is 2. The zero-order chi connectivity index (χ0) is 16.8. The summed E-state index contributed by atoms with van der Waals surface area (Å²) < 4.78 is 34.0. The summed E-state index contributed by atoms with van der Waals surface area (Å²) in [5.74, 6) is 0.538. The summed E-state index contributed by atoms with van der Waals surface area (Å²) in [7, 11) is 0. The molecule has 0 saturated heterocycles. The van der Waals surface area contributed by atoms with Crippen molar-refractivity contribution in [3.8, 4) is 5.75 Å². The van der Waals surface area contributed by atoms with Gasteiger partial charge in [-0.05, 0) is 25.1 Å². The van der Waals surface area contributed by atoms with Crippen molar-refractivity contribution in [1.82, 2.24) is 15.5 Å². The molecule has 0 saturated carbocycles. The first-order chi connectivity index (χ1) is 10.9. The predicted octanol–water partition coefficient (Wildman–Crippen LogP) is 2.88. The highest BCUT2D eigenvalue weighted by Gasteiger charge is 2.12. The van der Waals surface area contributed by atoms with E-state index in [1.54, 1.807) is 6.92 Å². The van der Waals surface area contributed by atoms with Crippen LogP contribution in [0.3, 0.4) is 0 Å². The Hall–Kier alpha value is -2.22. The Morgan fingerprint density at radius 2 is 2.26 bits per heavy atom. The molecule has 9 heteroatoms. The molecule has 1 aromatic heterocycles. The lowest BCUT2D eigenvalue weighted by molar-refractivity contribution is -0.121. The molecule has 0 unspecified atom stereocenters. The van der Waals surface area contributed by atoms with Crippen LogP contribution in [0.2, 0.25) is 5.02 Å². The van der Waals surface area contributed by atoms with Gasteiger partial charge in [-0.2, -0.15) is 13.8 Å². The first-order valence-corrected chi connectivity index (χ1v) is 7.11. The van der Waals surface area contributed by atoms with Gasteiger partial charge in [0.1, 0.15) is 5.75 Å². The maximum Gasteiger partial charge on any atom is 0.387 e. The summed E-state index contributed by atoms with van der Waals surface area (Å²) in [6, 6.07) is 4.22. The first-order valence-electron chi connectivity index (χ1n) is 6.73. The number of benzene rings is 1. The molecule has 1 amide bonds. The molecule has 124 valence electrons. The Labute approximate surface area is 135 Å². The summed E-state index contributed by atoms with van der Waals surface area (Å²) in [4.78, 5) is 15.8. The minimum atomic E-state index is -2.95. The molecule has 2 rings (SSSR count). The third-order valence-corrected chi connectivity index (χ3v) is 3.09. The van der Waals surface area contributed by atoms with Crippen molar-refractivity contribution in [1.29, 1.82) is 0 Å². The molecule has 0 atom stereocenters. The van der Waals surface area contributed by atoms with Crippen molar-refractivity contribution < 1.29 is 22.8 Å². The molecule has 1 aromatic carbocycles. The zero-order valence-corrected chi connectivity index (χ0v) is 12.9. The highest BCUT2D eigenvalue weighted by molar-refractivity contribution is 6.30. The molecular formula is C14H14ClF2N3O3. The van der Waals surface area contributed by atoms with E-state index in [0.717, 1.165) is 0 Å². The third kappa shape index (κ3) is 5.48. The number of aryl methyl sites for hydroxylation is 2. The van der Waals surface area contributed by atoms with E-state index in [9.17, 15) is 13.6 Å². The standard InChI is InChI=1S/C14H14ClF2N3O3/c1-8-19-13(23-20-8)5-4-12(21)18-7-9-6-10(15)2-3-11(9)22-14(16)17/h2-3,6,14H,4-5,7H2,1H3,(H,18,21). The van der Waals surface area contributed by atoms with Gasteiger partial charge in [0.15, 0.2) is 5.82 Å². The molecule has 1 N–H and O–H groups in total. The molecule has 23 heavy (non-hydrogen) atoms. The van der Waals surface area contributed by atoms with Crippen molar-refractivity contribution in [2.75, 3.05) is 0 Å². The van der Waals surface area contributed by atoms with Crippen molar-refractivity contribution >= 4 is 17.5 Å². The van der Waals surface area contributed by atoms with Gasteiger partial charge >= 0.3 is 6.61 Å². The van der Waals surface area contributed by atoms with E-state index in [1.807, 2.05) is 0 Å². The molecule has 0 aliphatic rings. The minimum Gasteiger partial charge on any atom is -0.434 e. The van der Waals surface area contributed by atoms with Crippen molar-refractivity contribution in [3.63, 3.8) is 0 Å². The fraction of sp³-hybridized carbons (Fsp3) is 0.357. The number of amides is 1. The second kappa shape index (κ2) is 7.87. The third-order valence-electron chi connectivity index (χ3n) is 2.85. The van der Waals surface area contributed by atoms with Crippen LogP contribution in [0.5, 0.6) is 5.75 Å². The normalized spacial score (nSPS) is 10.8. The number of nitrogens with zero attached hydrogens (tertiary/aromatic N) is 2. The summed E-state index contributed by atoms with van der Waals surface area (Å²) in [5.41, 5.74) is 0.361. The SMILES string of the molecule is Cc1noc(CCC(=O)NCc2cc(Cl)ccc2OC(F)F)n1. The Bertz CT molecular complexity index is 679. The van der Waals surface area contributed by atoms with Gasteiger partial charge < -0.3 is 14.6 Å². The van der Waals surface area contributed by atoms with Gasteiger partial charge in [-0.15, -0.1) is 0 Å². The van der Waals surface area contributed by atoms with Gasteiger partial charge in [0.05, 0.1) is 0 Å². The van der Waals surface area contributed by atoms with E-state index in [1.165, 1.54) is 18.2 Å². The number of aromatic nitrogens is 2. The topological polar surface area (TPSA) is 77.2 Å². The van der Waals surface area contributed by atoms with Crippen LogP contribution in [0.1, 0.15) is 23.7 Å². The maximum atomic E-state index is 12.3. The van der Waals surface area contributed by atoms with Gasteiger partial charge in [0.25, 0.3) is 0 Å². The van der Waals surface area contributed by atoms with E-state index >= 15 is 0 Å². The fourth-order valence-corrected chi connectivity index (χ4v) is 2.04. The second-order valence-corrected chi connectivity index (χ2v) is 5.08. The lowest BCUT2D eigenvalue weighted by atomic mass is 10.2. The largest absolute Gasteiger partial charge is 0.434 e. The summed E-state index contributed by atoms with van der Waals surface area (Å²) in [6.45, 7) is -1.26. The van der Waals surface area contributed by atoms with Gasteiger partial charge in [-0.25, -0.2) is 0 Å². The van der Waals surface area contributed by atoms with Gasteiger partial charge in [0, 0.05) is 30.0 Å². The van der Waals surface area contributed by atoms with E-state index in [2.05, 4.69) is 20.2 Å². The van der Waals surface area contributed by atoms with E-state index < -0.39 is 6.61 Å². The smallest absolute Gasteiger partial charge is 0.387 e. The quantitative estimate of drug-likeness (QED) is 0.835. The van der Waals surface area contributed by atoms with E-state index in [0.29, 0.717) is 28.7 Å². The number of ether oxygens (including phenoxy) is 1.